The van der Waals surface area contributed by atoms with Crippen LogP contribution in [0.25, 0.3) is 0 Å². The molecule has 2 unspecified atom stereocenters. The zero-order valence-electron chi connectivity index (χ0n) is 5.63. The maximum atomic E-state index is 9.52. The molecule has 0 spiro atoms. The van der Waals surface area contributed by atoms with Gasteiger partial charge in [0.1, 0.15) is 5.60 Å². The fourth-order valence-electron chi connectivity index (χ4n) is 1.04. The molecule has 3 nitrogen and oxygen atoms in total. The molecule has 3 N–H and O–H groups in total. The second-order valence-corrected chi connectivity index (χ2v) is 2.57. The van der Waals surface area contributed by atoms with Gasteiger partial charge in [0, 0.05) is 19.6 Å². The Morgan fingerprint density at radius 1 is 1.89 bits per heavy atom. The number of ether oxygens (including phenoxy) is 1. The normalized spacial score (nSPS) is 43.7. The van der Waals surface area contributed by atoms with Gasteiger partial charge in [0.05, 0.1) is 6.10 Å². The van der Waals surface area contributed by atoms with Gasteiger partial charge in [-0.2, -0.15) is 0 Å². The van der Waals surface area contributed by atoms with Crippen molar-refractivity contribution in [1.29, 1.82) is 0 Å². The molecular weight excluding hydrogens is 118 g/mol. The Morgan fingerprint density at radius 2 is 2.56 bits per heavy atom. The van der Waals surface area contributed by atoms with Crippen LogP contribution in [0.5, 0.6) is 0 Å². The third-order valence-corrected chi connectivity index (χ3v) is 2.01. The number of aliphatic hydroxyl groups is 1. The smallest absolute Gasteiger partial charge is 0.105 e. The topological polar surface area (TPSA) is 55.5 Å². The molecule has 1 rings (SSSR count). The molecule has 1 fully saturated rings. The van der Waals surface area contributed by atoms with Crippen molar-refractivity contribution in [3.63, 3.8) is 0 Å². The molecule has 0 bridgehead atoms. The molecule has 1 aliphatic rings. The Labute approximate surface area is 54.8 Å². The molecule has 0 saturated carbocycles. The van der Waals surface area contributed by atoms with Crippen LogP contribution in [0.15, 0.2) is 0 Å². The maximum Gasteiger partial charge on any atom is 0.105 e. The van der Waals surface area contributed by atoms with E-state index in [0.717, 1.165) is 0 Å². The van der Waals surface area contributed by atoms with E-state index in [-0.39, 0.29) is 6.10 Å². The van der Waals surface area contributed by atoms with Crippen LogP contribution in [-0.2, 0) is 4.74 Å². The van der Waals surface area contributed by atoms with E-state index in [2.05, 4.69) is 0 Å². The largest absolute Gasteiger partial charge is 0.386 e. The average molecular weight is 131 g/mol. The summed E-state index contributed by atoms with van der Waals surface area (Å²) in [6, 6.07) is 0. The number of hydrogen-bond acceptors (Lipinski definition) is 3. The van der Waals surface area contributed by atoms with Gasteiger partial charge < -0.3 is 15.6 Å². The van der Waals surface area contributed by atoms with Gasteiger partial charge in [-0.3, -0.25) is 0 Å². The van der Waals surface area contributed by atoms with Gasteiger partial charge in [-0.05, 0) is 6.92 Å². The van der Waals surface area contributed by atoms with Crippen molar-refractivity contribution in [3.8, 4) is 0 Å². The molecule has 0 aromatic rings. The van der Waals surface area contributed by atoms with Crippen LogP contribution in [0.2, 0.25) is 0 Å². The van der Waals surface area contributed by atoms with Crippen molar-refractivity contribution in [1.82, 2.24) is 0 Å². The third kappa shape index (κ3) is 1.08. The van der Waals surface area contributed by atoms with Crippen molar-refractivity contribution in [2.75, 3.05) is 13.2 Å². The Morgan fingerprint density at radius 3 is 2.78 bits per heavy atom. The van der Waals surface area contributed by atoms with Crippen LogP contribution >= 0.6 is 0 Å². The summed E-state index contributed by atoms with van der Waals surface area (Å²) >= 11 is 0. The molecule has 2 atom stereocenters. The first-order valence-electron chi connectivity index (χ1n) is 3.23. The number of nitrogens with two attached hydrogens (primary N) is 1. The van der Waals surface area contributed by atoms with Crippen LogP contribution < -0.4 is 5.73 Å². The Kier molecular flexibility index (Phi) is 1.75. The summed E-state index contributed by atoms with van der Waals surface area (Å²) < 4.78 is 5.13. The first-order valence-corrected chi connectivity index (χ1v) is 3.23. The second-order valence-electron chi connectivity index (χ2n) is 2.57. The van der Waals surface area contributed by atoms with Gasteiger partial charge in [0.25, 0.3) is 0 Å². The van der Waals surface area contributed by atoms with Crippen molar-refractivity contribution in [2.45, 2.75) is 25.0 Å². The molecular formula is C6H13NO2. The molecule has 1 aliphatic heterocycles. The number of hydrogen-bond donors (Lipinski definition) is 2. The third-order valence-electron chi connectivity index (χ3n) is 2.01. The highest BCUT2D eigenvalue weighted by molar-refractivity contribution is 4.90. The van der Waals surface area contributed by atoms with Crippen molar-refractivity contribution in [3.05, 3.63) is 0 Å². The van der Waals surface area contributed by atoms with E-state index in [1.165, 1.54) is 0 Å². The standard InChI is InChI=1S/C6H13NO2/c1-5-6(8,4-7)2-3-9-5/h5,8H,2-4,7H2,1H3. The van der Waals surface area contributed by atoms with E-state index in [0.29, 0.717) is 19.6 Å². The van der Waals surface area contributed by atoms with Gasteiger partial charge in [0.2, 0.25) is 0 Å². The summed E-state index contributed by atoms with van der Waals surface area (Å²) in [5.41, 5.74) is 4.58. The van der Waals surface area contributed by atoms with Gasteiger partial charge in [-0.25, -0.2) is 0 Å². The SMILES string of the molecule is CC1OCCC1(O)CN. The molecule has 0 amide bonds. The fraction of sp³-hybridized carbons (Fsp3) is 1.00. The molecule has 1 heterocycles. The van der Waals surface area contributed by atoms with Crippen LogP contribution in [0.1, 0.15) is 13.3 Å². The quantitative estimate of drug-likeness (QED) is 0.503. The molecule has 0 aromatic heterocycles. The minimum Gasteiger partial charge on any atom is -0.386 e. The lowest BCUT2D eigenvalue weighted by atomic mass is 9.97. The summed E-state index contributed by atoms with van der Waals surface area (Å²) in [4.78, 5) is 0. The zero-order chi connectivity index (χ0) is 6.91. The summed E-state index contributed by atoms with van der Waals surface area (Å²) in [7, 11) is 0. The Bertz CT molecular complexity index is 107. The highest BCUT2D eigenvalue weighted by Gasteiger charge is 2.37. The van der Waals surface area contributed by atoms with Gasteiger partial charge in [0.15, 0.2) is 0 Å². The monoisotopic (exact) mass is 131 g/mol. The van der Waals surface area contributed by atoms with Crippen LogP contribution in [-0.4, -0.2) is 30.0 Å². The van der Waals surface area contributed by atoms with Gasteiger partial charge in [-0.1, -0.05) is 0 Å². The number of rotatable bonds is 1. The van der Waals surface area contributed by atoms with Crippen LogP contribution in [0.3, 0.4) is 0 Å². The molecule has 0 aromatic carbocycles. The molecule has 0 radical (unpaired) electrons. The minimum absolute atomic E-state index is 0.0949. The van der Waals surface area contributed by atoms with E-state index in [4.69, 9.17) is 10.5 Å². The Hall–Kier alpha value is -0.120. The minimum atomic E-state index is -0.750. The second kappa shape index (κ2) is 2.25. The van der Waals surface area contributed by atoms with E-state index in [9.17, 15) is 5.11 Å². The zero-order valence-corrected chi connectivity index (χ0v) is 5.63. The highest BCUT2D eigenvalue weighted by Crippen LogP contribution is 2.23. The van der Waals surface area contributed by atoms with Gasteiger partial charge in [-0.15, -0.1) is 0 Å². The Balaban J connectivity index is 2.56. The fourth-order valence-corrected chi connectivity index (χ4v) is 1.04. The summed E-state index contributed by atoms with van der Waals surface area (Å²) in [5.74, 6) is 0. The first kappa shape index (κ1) is 6.99. The molecule has 3 heteroatoms. The van der Waals surface area contributed by atoms with Crippen molar-refractivity contribution >= 4 is 0 Å². The predicted octanol–water partition coefficient (Wildman–Crippen LogP) is -0.515. The van der Waals surface area contributed by atoms with E-state index < -0.39 is 5.60 Å². The lowest BCUT2D eigenvalue weighted by Crippen LogP contribution is -2.43. The van der Waals surface area contributed by atoms with Crippen molar-refractivity contribution in [2.24, 2.45) is 5.73 Å². The summed E-state index contributed by atoms with van der Waals surface area (Å²) in [5, 5.41) is 9.52. The molecule has 9 heavy (non-hydrogen) atoms. The van der Waals surface area contributed by atoms with E-state index in [1.54, 1.807) is 0 Å². The lowest BCUT2D eigenvalue weighted by molar-refractivity contribution is -0.0204. The van der Waals surface area contributed by atoms with Crippen LogP contribution in [0, 0.1) is 0 Å². The first-order chi connectivity index (χ1) is 4.19. The summed E-state index contributed by atoms with van der Waals surface area (Å²) in [6.45, 7) is 2.78. The average Bonchev–Trinajstić information content (AvgIpc) is 2.15. The predicted molar refractivity (Wildman–Crippen MR) is 34.0 cm³/mol. The molecule has 0 aliphatic carbocycles. The van der Waals surface area contributed by atoms with Gasteiger partial charge >= 0.3 is 0 Å². The summed E-state index contributed by atoms with van der Waals surface area (Å²) in [6.07, 6.45) is 0.576. The molecule has 54 valence electrons. The van der Waals surface area contributed by atoms with E-state index in [1.807, 2.05) is 6.92 Å². The van der Waals surface area contributed by atoms with Crippen molar-refractivity contribution < 1.29 is 9.84 Å². The lowest BCUT2D eigenvalue weighted by Gasteiger charge is -2.23. The van der Waals surface area contributed by atoms with E-state index >= 15 is 0 Å². The highest BCUT2D eigenvalue weighted by atomic mass is 16.5. The molecule has 1 saturated heterocycles. The van der Waals surface area contributed by atoms with Crippen LogP contribution in [0.4, 0.5) is 0 Å². The maximum absolute atomic E-state index is 9.52.